The van der Waals surface area contributed by atoms with Gasteiger partial charge >= 0.3 is 5.63 Å². The molecule has 0 spiro atoms. The molecular weight excluding hydrogens is 302 g/mol. The standard InChI is InChI=1S/C15H13N3O3S/c1-8-5-14(19)20-12-7-10(3-4-11(8)12)16-15(22)17-13-6-9(2)21-18-13/h3-7H,1-2H3,(H2,16,17,18,22). The number of anilines is 2. The molecule has 0 unspecified atom stereocenters. The highest BCUT2D eigenvalue weighted by molar-refractivity contribution is 7.80. The second-order valence-electron chi connectivity index (χ2n) is 4.86. The minimum absolute atomic E-state index is 0.364. The molecule has 0 saturated carbocycles. The molecule has 7 heteroatoms. The first-order valence-corrected chi connectivity index (χ1v) is 6.98. The first-order valence-electron chi connectivity index (χ1n) is 6.57. The molecule has 0 aliphatic heterocycles. The van der Waals surface area contributed by atoms with Crippen LogP contribution < -0.4 is 16.3 Å². The van der Waals surface area contributed by atoms with E-state index in [0.717, 1.165) is 10.9 Å². The Balaban J connectivity index is 1.81. The Morgan fingerprint density at radius 2 is 2.00 bits per heavy atom. The monoisotopic (exact) mass is 315 g/mol. The molecule has 6 nitrogen and oxygen atoms in total. The van der Waals surface area contributed by atoms with Crippen LogP contribution in [0.15, 0.2) is 44.1 Å². The zero-order valence-electron chi connectivity index (χ0n) is 12.0. The lowest BCUT2D eigenvalue weighted by Gasteiger charge is -2.09. The first-order chi connectivity index (χ1) is 10.5. The van der Waals surface area contributed by atoms with Gasteiger partial charge in [0.1, 0.15) is 11.3 Å². The third-order valence-corrected chi connectivity index (χ3v) is 3.28. The fourth-order valence-corrected chi connectivity index (χ4v) is 2.33. The lowest BCUT2D eigenvalue weighted by atomic mass is 10.1. The van der Waals surface area contributed by atoms with E-state index in [4.69, 9.17) is 21.2 Å². The van der Waals surface area contributed by atoms with Crippen molar-refractivity contribution in [2.24, 2.45) is 0 Å². The number of hydrogen-bond acceptors (Lipinski definition) is 5. The predicted octanol–water partition coefficient (Wildman–Crippen LogP) is 3.21. The van der Waals surface area contributed by atoms with Crippen molar-refractivity contribution in [1.29, 1.82) is 0 Å². The van der Waals surface area contributed by atoms with E-state index in [1.165, 1.54) is 6.07 Å². The third-order valence-electron chi connectivity index (χ3n) is 3.08. The summed E-state index contributed by atoms with van der Waals surface area (Å²) in [5.74, 6) is 1.21. The van der Waals surface area contributed by atoms with Crippen LogP contribution >= 0.6 is 12.2 Å². The molecule has 0 fully saturated rings. The fraction of sp³-hybridized carbons (Fsp3) is 0.133. The summed E-state index contributed by atoms with van der Waals surface area (Å²) in [5.41, 5.74) is 1.71. The average molecular weight is 315 g/mol. The molecule has 0 bridgehead atoms. The van der Waals surface area contributed by atoms with Gasteiger partial charge in [0.2, 0.25) is 0 Å². The van der Waals surface area contributed by atoms with Gasteiger partial charge in [0.15, 0.2) is 10.9 Å². The number of fused-ring (bicyclic) bond motifs is 1. The van der Waals surface area contributed by atoms with E-state index >= 15 is 0 Å². The second kappa shape index (κ2) is 5.61. The lowest BCUT2D eigenvalue weighted by Crippen LogP contribution is -2.19. The van der Waals surface area contributed by atoms with Gasteiger partial charge in [0.05, 0.1) is 0 Å². The molecule has 2 N–H and O–H groups in total. The molecule has 0 aliphatic carbocycles. The summed E-state index contributed by atoms with van der Waals surface area (Å²) in [6.45, 7) is 3.66. The summed E-state index contributed by atoms with van der Waals surface area (Å²) in [6, 6.07) is 8.66. The van der Waals surface area contributed by atoms with Crippen LogP contribution in [0, 0.1) is 13.8 Å². The maximum atomic E-state index is 11.4. The van der Waals surface area contributed by atoms with Crippen molar-refractivity contribution in [3.63, 3.8) is 0 Å². The highest BCUT2D eigenvalue weighted by Gasteiger charge is 2.06. The molecule has 2 heterocycles. The quantitative estimate of drug-likeness (QED) is 0.555. The van der Waals surface area contributed by atoms with E-state index in [9.17, 15) is 4.79 Å². The van der Waals surface area contributed by atoms with E-state index in [1.807, 2.05) is 19.1 Å². The molecule has 2 aromatic heterocycles. The van der Waals surface area contributed by atoms with Crippen LogP contribution in [0.25, 0.3) is 11.0 Å². The highest BCUT2D eigenvalue weighted by Crippen LogP contribution is 2.21. The topological polar surface area (TPSA) is 80.3 Å². The maximum Gasteiger partial charge on any atom is 0.336 e. The summed E-state index contributed by atoms with van der Waals surface area (Å²) < 4.78 is 10.1. The summed E-state index contributed by atoms with van der Waals surface area (Å²) in [6.07, 6.45) is 0. The first kappa shape index (κ1) is 14.3. The number of thiocarbonyl (C=S) groups is 1. The zero-order valence-corrected chi connectivity index (χ0v) is 12.8. The maximum absolute atomic E-state index is 11.4. The Morgan fingerprint density at radius 1 is 1.18 bits per heavy atom. The van der Waals surface area contributed by atoms with Gasteiger partial charge in [-0.25, -0.2) is 4.79 Å². The van der Waals surface area contributed by atoms with Crippen LogP contribution in [0.2, 0.25) is 0 Å². The van der Waals surface area contributed by atoms with Crippen molar-refractivity contribution in [3.8, 4) is 0 Å². The average Bonchev–Trinajstić information content (AvgIpc) is 2.83. The molecule has 0 saturated heterocycles. The molecule has 1 aromatic carbocycles. The van der Waals surface area contributed by atoms with E-state index < -0.39 is 0 Å². The Kier molecular flexibility index (Phi) is 3.64. The molecule has 0 amide bonds. The summed E-state index contributed by atoms with van der Waals surface area (Å²) in [4.78, 5) is 11.4. The minimum Gasteiger partial charge on any atom is -0.423 e. The Hall–Kier alpha value is -2.67. The van der Waals surface area contributed by atoms with Crippen molar-refractivity contribution in [2.45, 2.75) is 13.8 Å². The number of hydrogen-bond donors (Lipinski definition) is 2. The van der Waals surface area contributed by atoms with Crippen molar-refractivity contribution in [3.05, 3.63) is 52.1 Å². The van der Waals surface area contributed by atoms with E-state index in [1.54, 1.807) is 19.1 Å². The molecule has 112 valence electrons. The van der Waals surface area contributed by atoms with Crippen molar-refractivity contribution in [1.82, 2.24) is 5.16 Å². The highest BCUT2D eigenvalue weighted by atomic mass is 32.1. The lowest BCUT2D eigenvalue weighted by molar-refractivity contribution is 0.400. The number of nitrogens with zero attached hydrogens (tertiary/aromatic N) is 1. The molecule has 0 radical (unpaired) electrons. The van der Waals surface area contributed by atoms with Gasteiger partial charge in [-0.15, -0.1) is 0 Å². The zero-order chi connectivity index (χ0) is 15.7. The van der Waals surface area contributed by atoms with E-state index in [0.29, 0.717) is 28.0 Å². The Bertz CT molecular complexity index is 914. The van der Waals surface area contributed by atoms with Crippen LogP contribution in [0.1, 0.15) is 11.3 Å². The van der Waals surface area contributed by atoms with E-state index in [2.05, 4.69) is 15.8 Å². The minimum atomic E-state index is -0.374. The van der Waals surface area contributed by atoms with Crippen molar-refractivity contribution >= 4 is 39.8 Å². The SMILES string of the molecule is Cc1cc(NC(=S)Nc2ccc3c(C)cc(=O)oc3c2)no1. The van der Waals surface area contributed by atoms with Crippen molar-refractivity contribution < 1.29 is 8.94 Å². The second-order valence-corrected chi connectivity index (χ2v) is 5.27. The molecular formula is C15H13N3O3S. The number of rotatable bonds is 2. The molecule has 3 aromatic rings. The van der Waals surface area contributed by atoms with Gasteiger partial charge in [-0.2, -0.15) is 0 Å². The van der Waals surface area contributed by atoms with Gasteiger partial charge in [0, 0.05) is 29.3 Å². The fourth-order valence-electron chi connectivity index (χ4n) is 2.11. The van der Waals surface area contributed by atoms with Crippen LogP contribution in [-0.4, -0.2) is 10.3 Å². The van der Waals surface area contributed by atoms with Gasteiger partial charge in [0.25, 0.3) is 0 Å². The van der Waals surface area contributed by atoms with Gasteiger partial charge in [-0.05, 0) is 43.8 Å². The predicted molar refractivity (Wildman–Crippen MR) is 88.3 cm³/mol. The number of benzene rings is 1. The summed E-state index contributed by atoms with van der Waals surface area (Å²) >= 11 is 5.21. The number of aryl methyl sites for hydroxylation is 2. The Morgan fingerprint density at radius 3 is 2.73 bits per heavy atom. The molecule has 0 atom stereocenters. The van der Waals surface area contributed by atoms with Crippen LogP contribution in [0.3, 0.4) is 0 Å². The normalized spacial score (nSPS) is 10.6. The number of nitrogens with one attached hydrogen (secondary N) is 2. The summed E-state index contributed by atoms with van der Waals surface area (Å²) in [7, 11) is 0. The van der Waals surface area contributed by atoms with Crippen LogP contribution in [0.5, 0.6) is 0 Å². The van der Waals surface area contributed by atoms with Crippen LogP contribution in [-0.2, 0) is 0 Å². The van der Waals surface area contributed by atoms with Gasteiger partial charge in [-0.3, -0.25) is 0 Å². The van der Waals surface area contributed by atoms with Crippen LogP contribution in [0.4, 0.5) is 11.5 Å². The van der Waals surface area contributed by atoms with Crippen molar-refractivity contribution in [2.75, 3.05) is 10.6 Å². The largest absolute Gasteiger partial charge is 0.423 e. The molecule has 3 rings (SSSR count). The third kappa shape index (κ3) is 2.99. The summed E-state index contributed by atoms with van der Waals surface area (Å²) in [5, 5.41) is 11.0. The van der Waals surface area contributed by atoms with Gasteiger partial charge in [-0.1, -0.05) is 5.16 Å². The van der Waals surface area contributed by atoms with E-state index in [-0.39, 0.29) is 5.63 Å². The number of aromatic nitrogens is 1. The molecule has 0 aliphatic rings. The smallest absolute Gasteiger partial charge is 0.336 e. The molecule has 22 heavy (non-hydrogen) atoms. The Labute approximate surface area is 131 Å². The van der Waals surface area contributed by atoms with Gasteiger partial charge < -0.3 is 19.6 Å².